The molecule has 1 atom stereocenters. The minimum Gasteiger partial charge on any atom is -0.493 e. The van der Waals surface area contributed by atoms with Crippen molar-refractivity contribution < 1.29 is 27.5 Å². The van der Waals surface area contributed by atoms with Gasteiger partial charge in [0.15, 0.2) is 11.5 Å². The third-order valence-corrected chi connectivity index (χ3v) is 10.7. The molecular weight excluding hydrogens is 639 g/mol. The van der Waals surface area contributed by atoms with Crippen LogP contribution in [0.4, 0.5) is 5.69 Å². The predicted molar refractivity (Wildman–Crippen MR) is 191 cm³/mol. The van der Waals surface area contributed by atoms with E-state index in [0.717, 1.165) is 52.2 Å². The maximum Gasteiger partial charge on any atom is 0.264 e. The molecular formula is C39H45N3O6S. The number of hydrogen-bond donors (Lipinski definition) is 1. The van der Waals surface area contributed by atoms with Gasteiger partial charge in [0.1, 0.15) is 12.6 Å². The van der Waals surface area contributed by atoms with E-state index in [1.54, 1.807) is 24.3 Å². The van der Waals surface area contributed by atoms with E-state index in [4.69, 9.17) is 9.47 Å². The predicted octanol–water partition coefficient (Wildman–Crippen LogP) is 6.21. The van der Waals surface area contributed by atoms with Crippen molar-refractivity contribution >= 4 is 27.5 Å². The third-order valence-electron chi connectivity index (χ3n) is 8.95. The lowest BCUT2D eigenvalue weighted by Crippen LogP contribution is -2.54. The van der Waals surface area contributed by atoms with Crippen LogP contribution in [0.15, 0.2) is 102 Å². The fourth-order valence-corrected chi connectivity index (χ4v) is 7.68. The molecule has 1 fully saturated rings. The van der Waals surface area contributed by atoms with Crippen LogP contribution in [0.5, 0.6) is 11.5 Å². The number of carbonyl (C=O) groups excluding carboxylic acids is 2. The lowest BCUT2D eigenvalue weighted by atomic mass is 10.0. The van der Waals surface area contributed by atoms with Gasteiger partial charge in [-0.2, -0.15) is 0 Å². The number of sulfonamides is 1. The number of anilines is 1. The average Bonchev–Trinajstić information content (AvgIpc) is 3.62. The molecule has 1 N–H and O–H groups in total. The van der Waals surface area contributed by atoms with Gasteiger partial charge in [0.2, 0.25) is 11.8 Å². The smallest absolute Gasteiger partial charge is 0.264 e. The number of benzene rings is 4. The van der Waals surface area contributed by atoms with E-state index in [-0.39, 0.29) is 35.5 Å². The van der Waals surface area contributed by atoms with Gasteiger partial charge in [-0.1, -0.05) is 90.7 Å². The Balaban J connectivity index is 1.60. The molecule has 49 heavy (non-hydrogen) atoms. The number of nitrogens with one attached hydrogen (secondary N) is 1. The van der Waals surface area contributed by atoms with Gasteiger partial charge < -0.3 is 19.7 Å². The second-order valence-corrected chi connectivity index (χ2v) is 14.4. The van der Waals surface area contributed by atoms with E-state index in [9.17, 15) is 18.0 Å². The van der Waals surface area contributed by atoms with Crippen LogP contribution >= 0.6 is 0 Å². The lowest BCUT2D eigenvalue weighted by Gasteiger charge is -2.34. The van der Waals surface area contributed by atoms with Crippen LogP contribution in [0.2, 0.25) is 0 Å². The van der Waals surface area contributed by atoms with E-state index in [1.807, 2.05) is 68.4 Å². The summed E-state index contributed by atoms with van der Waals surface area (Å²) in [5.41, 5.74) is 3.85. The summed E-state index contributed by atoms with van der Waals surface area (Å²) in [5, 5.41) is 3.21. The molecule has 4 aromatic rings. The number of aryl methyl sites for hydroxylation is 2. The highest BCUT2D eigenvalue weighted by Gasteiger charge is 2.36. The summed E-state index contributed by atoms with van der Waals surface area (Å²) < 4.78 is 40.8. The number of methoxy groups -OCH3 is 2. The number of ether oxygens (including phenoxy) is 2. The van der Waals surface area contributed by atoms with Gasteiger partial charge >= 0.3 is 0 Å². The van der Waals surface area contributed by atoms with Crippen LogP contribution in [-0.4, -0.2) is 58.0 Å². The zero-order chi connectivity index (χ0) is 35.0. The minimum atomic E-state index is -4.26. The zero-order valence-electron chi connectivity index (χ0n) is 28.6. The maximum absolute atomic E-state index is 14.8. The first-order valence-corrected chi connectivity index (χ1v) is 18.0. The van der Waals surface area contributed by atoms with Crippen molar-refractivity contribution in [3.63, 3.8) is 0 Å². The van der Waals surface area contributed by atoms with Crippen molar-refractivity contribution in [1.29, 1.82) is 0 Å². The van der Waals surface area contributed by atoms with Crippen LogP contribution < -0.4 is 19.1 Å². The molecule has 258 valence electrons. The van der Waals surface area contributed by atoms with E-state index < -0.39 is 28.5 Å². The second kappa shape index (κ2) is 16.0. The fraction of sp³-hybridized carbons (Fsp3) is 0.333. The first-order chi connectivity index (χ1) is 23.6. The van der Waals surface area contributed by atoms with E-state index in [0.29, 0.717) is 11.5 Å². The summed E-state index contributed by atoms with van der Waals surface area (Å²) >= 11 is 0. The molecule has 5 rings (SSSR count). The van der Waals surface area contributed by atoms with E-state index in [2.05, 4.69) is 5.32 Å². The van der Waals surface area contributed by atoms with E-state index in [1.165, 1.54) is 37.3 Å². The van der Waals surface area contributed by atoms with Crippen LogP contribution in [0.3, 0.4) is 0 Å². The van der Waals surface area contributed by atoms with Gasteiger partial charge in [0, 0.05) is 25.1 Å². The summed E-state index contributed by atoms with van der Waals surface area (Å²) in [7, 11) is -1.30. The Hall–Kier alpha value is -4.83. The van der Waals surface area contributed by atoms with Crippen LogP contribution in [0.1, 0.15) is 47.9 Å². The van der Waals surface area contributed by atoms with Gasteiger partial charge in [-0.15, -0.1) is 0 Å². The zero-order valence-corrected chi connectivity index (χ0v) is 29.4. The standard InChI is InChI=1S/C39H45N3O6S/c1-28-17-20-34(21-18-28)49(45,46)42(33-19-22-36(47-3)37(25-33)48-4)27-38(43)41(26-31-14-10-11-29(2)23-31)35(24-30-12-6-5-7-13-30)39(44)40-32-15-8-9-16-32/h5-7,10-14,17-23,25,32,35H,8-9,15-16,24,26-27H2,1-4H3,(H,40,44)/t35-/m0/s1. The van der Waals surface area contributed by atoms with Crippen molar-refractivity contribution in [2.45, 2.75) is 69.5 Å². The first kappa shape index (κ1) is 35.5. The molecule has 1 saturated carbocycles. The Morgan fingerprint density at radius 2 is 1.47 bits per heavy atom. The van der Waals surface area contributed by atoms with Crippen LogP contribution in [0.25, 0.3) is 0 Å². The average molecular weight is 684 g/mol. The molecule has 0 radical (unpaired) electrons. The Kier molecular flexibility index (Phi) is 11.6. The highest BCUT2D eigenvalue weighted by atomic mass is 32.2. The molecule has 0 heterocycles. The molecule has 0 saturated heterocycles. The fourth-order valence-electron chi connectivity index (χ4n) is 6.27. The maximum atomic E-state index is 14.8. The largest absolute Gasteiger partial charge is 0.493 e. The van der Waals surface area contributed by atoms with Crippen molar-refractivity contribution in [2.24, 2.45) is 0 Å². The summed E-state index contributed by atoms with van der Waals surface area (Å²) in [6, 6.07) is 27.7. The van der Waals surface area contributed by atoms with Crippen LogP contribution in [0, 0.1) is 13.8 Å². The Morgan fingerprint density at radius 1 is 0.796 bits per heavy atom. The van der Waals surface area contributed by atoms with Gasteiger partial charge in [-0.05, 0) is 62.1 Å². The summed E-state index contributed by atoms with van der Waals surface area (Å²) in [6.45, 7) is 3.40. The number of carbonyl (C=O) groups is 2. The topological polar surface area (TPSA) is 105 Å². The van der Waals surface area contributed by atoms with Gasteiger partial charge in [0.25, 0.3) is 10.0 Å². The highest BCUT2D eigenvalue weighted by molar-refractivity contribution is 7.92. The van der Waals surface area contributed by atoms with Gasteiger partial charge in [0.05, 0.1) is 24.8 Å². The number of amides is 2. The third kappa shape index (κ3) is 8.80. The normalized spacial score (nSPS) is 13.8. The molecule has 1 aliphatic rings. The molecule has 2 amide bonds. The molecule has 0 unspecified atom stereocenters. The molecule has 10 heteroatoms. The minimum absolute atomic E-state index is 0.0331. The lowest BCUT2D eigenvalue weighted by molar-refractivity contribution is -0.140. The Morgan fingerprint density at radius 3 is 2.12 bits per heavy atom. The van der Waals surface area contributed by atoms with Crippen molar-refractivity contribution in [3.05, 3.63) is 119 Å². The molecule has 1 aliphatic carbocycles. The summed E-state index contributed by atoms with van der Waals surface area (Å²) in [5.74, 6) is -0.0470. The number of hydrogen-bond acceptors (Lipinski definition) is 6. The SMILES string of the molecule is COc1ccc(N(CC(=O)N(Cc2cccc(C)c2)[C@@H](Cc2ccccc2)C(=O)NC2CCCC2)S(=O)(=O)c2ccc(C)cc2)cc1OC. The number of rotatable bonds is 14. The summed E-state index contributed by atoms with van der Waals surface area (Å²) in [4.78, 5) is 30.5. The van der Waals surface area contributed by atoms with Gasteiger partial charge in [-0.3, -0.25) is 13.9 Å². The number of nitrogens with zero attached hydrogens (tertiary/aromatic N) is 2. The Bertz CT molecular complexity index is 1840. The molecule has 9 nitrogen and oxygen atoms in total. The van der Waals surface area contributed by atoms with Crippen molar-refractivity contribution in [3.8, 4) is 11.5 Å². The molecule has 0 aromatic heterocycles. The van der Waals surface area contributed by atoms with E-state index >= 15 is 0 Å². The quantitative estimate of drug-likeness (QED) is 0.169. The van der Waals surface area contributed by atoms with Crippen LogP contribution in [-0.2, 0) is 32.6 Å². The molecule has 4 aromatic carbocycles. The highest BCUT2D eigenvalue weighted by Crippen LogP contribution is 2.34. The molecule has 0 spiro atoms. The van der Waals surface area contributed by atoms with Crippen molar-refractivity contribution in [2.75, 3.05) is 25.1 Å². The van der Waals surface area contributed by atoms with Crippen molar-refractivity contribution in [1.82, 2.24) is 10.2 Å². The second-order valence-electron chi connectivity index (χ2n) is 12.6. The Labute approximate surface area is 289 Å². The molecule has 0 aliphatic heterocycles. The van der Waals surface area contributed by atoms with Gasteiger partial charge in [-0.25, -0.2) is 8.42 Å². The summed E-state index contributed by atoms with van der Waals surface area (Å²) in [6.07, 6.45) is 4.11. The monoisotopic (exact) mass is 683 g/mol. The molecule has 0 bridgehead atoms. The first-order valence-electron chi connectivity index (χ1n) is 16.6.